The second kappa shape index (κ2) is 6.94. The lowest BCUT2D eigenvalue weighted by Crippen LogP contribution is -2.39. The Hall–Kier alpha value is -3.76. The van der Waals surface area contributed by atoms with Gasteiger partial charge < -0.3 is 15.4 Å². The molecule has 1 fully saturated rings. The first kappa shape index (κ1) is 18.3. The minimum atomic E-state index is -1.16. The number of halogens is 1. The fraction of sp³-hybridized carbons (Fsp3) is 0.316. The largest absolute Gasteiger partial charge is 0.488 e. The van der Waals surface area contributed by atoms with Gasteiger partial charge in [-0.2, -0.15) is 5.10 Å². The third-order valence-electron chi connectivity index (χ3n) is 5.41. The Morgan fingerprint density at radius 1 is 1.33 bits per heavy atom. The van der Waals surface area contributed by atoms with E-state index in [1.807, 2.05) is 24.3 Å². The van der Waals surface area contributed by atoms with Crippen LogP contribution in [0.1, 0.15) is 33.0 Å². The number of nitrogens with one attached hydrogen (secondary N) is 1. The van der Waals surface area contributed by atoms with E-state index in [-0.39, 0.29) is 43.4 Å². The zero-order chi connectivity index (χ0) is 20.8. The number of H-pyrrole nitrogens is 1. The summed E-state index contributed by atoms with van der Waals surface area (Å²) in [6.07, 6.45) is 0.390. The first-order valence-corrected chi connectivity index (χ1v) is 9.45. The van der Waals surface area contributed by atoms with E-state index in [1.165, 1.54) is 15.8 Å². The fourth-order valence-electron chi connectivity index (χ4n) is 3.98. The molecule has 3 N–H and O–H groups in total. The standard InChI is InChI=1S/C19H18FN7O3/c20-10-5-11(7-26-8-14(18(21)28)22-25-26)27(6-10)19(29)17-13-9-30-15-4-2-1-3-12(15)16(13)23-24-17/h1-4,8,10-11H,5-7,9H2,(H2,21,28)(H,23,24)/t10-,11-/m0/s1. The molecule has 1 saturated heterocycles. The van der Waals surface area contributed by atoms with Crippen molar-refractivity contribution in [2.45, 2.75) is 31.8 Å². The van der Waals surface area contributed by atoms with Gasteiger partial charge in [0.05, 0.1) is 25.3 Å². The minimum absolute atomic E-state index is 0.0149. The Balaban J connectivity index is 1.41. The zero-order valence-corrected chi connectivity index (χ0v) is 15.8. The van der Waals surface area contributed by atoms with Crippen molar-refractivity contribution in [2.24, 2.45) is 5.73 Å². The number of aromatic nitrogens is 5. The first-order chi connectivity index (χ1) is 14.5. The molecule has 5 rings (SSSR count). The summed E-state index contributed by atoms with van der Waals surface area (Å²) in [5.41, 5.74) is 7.61. The van der Waals surface area contributed by atoms with Crippen molar-refractivity contribution >= 4 is 11.8 Å². The number of hydrogen-bond donors (Lipinski definition) is 2. The van der Waals surface area contributed by atoms with Crippen LogP contribution in [0.15, 0.2) is 30.5 Å². The van der Waals surface area contributed by atoms with Gasteiger partial charge in [-0.1, -0.05) is 17.3 Å². The van der Waals surface area contributed by atoms with Crippen molar-refractivity contribution in [3.8, 4) is 17.0 Å². The first-order valence-electron chi connectivity index (χ1n) is 9.45. The number of likely N-dealkylation sites (tertiary alicyclic amines) is 1. The number of rotatable bonds is 4. The SMILES string of the molecule is NC(=O)c1cn(C[C@@H]2C[C@H](F)CN2C(=O)c2[nH]nc3c2COc2ccccc2-3)nn1. The van der Waals surface area contributed by atoms with Crippen LogP contribution < -0.4 is 10.5 Å². The monoisotopic (exact) mass is 411 g/mol. The number of hydrogen-bond acceptors (Lipinski definition) is 6. The van der Waals surface area contributed by atoms with E-state index in [0.29, 0.717) is 17.0 Å². The summed E-state index contributed by atoms with van der Waals surface area (Å²) >= 11 is 0. The number of benzene rings is 1. The number of nitrogens with zero attached hydrogens (tertiary/aromatic N) is 5. The average Bonchev–Trinajstić information content (AvgIpc) is 3.46. The van der Waals surface area contributed by atoms with Crippen molar-refractivity contribution < 1.29 is 18.7 Å². The van der Waals surface area contributed by atoms with Crippen LogP contribution in [0.25, 0.3) is 11.3 Å². The lowest BCUT2D eigenvalue weighted by atomic mass is 10.0. The third-order valence-corrected chi connectivity index (χ3v) is 5.41. The number of nitrogens with two attached hydrogens (primary N) is 1. The molecule has 2 aliphatic heterocycles. The molecular weight excluding hydrogens is 393 g/mol. The van der Waals surface area contributed by atoms with E-state index in [9.17, 15) is 14.0 Å². The Morgan fingerprint density at radius 3 is 2.97 bits per heavy atom. The van der Waals surface area contributed by atoms with E-state index in [1.54, 1.807) is 0 Å². The molecule has 3 aromatic rings. The van der Waals surface area contributed by atoms with Crippen molar-refractivity contribution in [2.75, 3.05) is 6.54 Å². The molecule has 0 radical (unpaired) electrons. The highest BCUT2D eigenvalue weighted by Crippen LogP contribution is 2.37. The highest BCUT2D eigenvalue weighted by atomic mass is 19.1. The van der Waals surface area contributed by atoms with Gasteiger partial charge in [-0.25, -0.2) is 9.07 Å². The number of para-hydroxylation sites is 1. The third kappa shape index (κ3) is 2.98. The maximum absolute atomic E-state index is 14.2. The van der Waals surface area contributed by atoms with Crippen molar-refractivity contribution in [1.29, 1.82) is 0 Å². The van der Waals surface area contributed by atoms with Gasteiger partial charge >= 0.3 is 0 Å². The second-order valence-electron chi connectivity index (χ2n) is 7.34. The molecule has 30 heavy (non-hydrogen) atoms. The summed E-state index contributed by atoms with van der Waals surface area (Å²) in [4.78, 5) is 25.9. The number of alkyl halides is 1. The Bertz CT molecular complexity index is 1140. The highest BCUT2D eigenvalue weighted by molar-refractivity contribution is 5.96. The summed E-state index contributed by atoms with van der Waals surface area (Å²) in [6, 6.07) is 7.00. The van der Waals surface area contributed by atoms with Crippen molar-refractivity contribution in [3.05, 3.63) is 47.4 Å². The molecule has 11 heteroatoms. The molecule has 154 valence electrons. The predicted molar refractivity (Wildman–Crippen MR) is 101 cm³/mol. The minimum Gasteiger partial charge on any atom is -0.488 e. The molecule has 2 amide bonds. The molecule has 2 aromatic heterocycles. The second-order valence-corrected chi connectivity index (χ2v) is 7.34. The van der Waals surface area contributed by atoms with Crippen LogP contribution in [0.5, 0.6) is 5.75 Å². The van der Waals surface area contributed by atoms with Crippen LogP contribution >= 0.6 is 0 Å². The van der Waals surface area contributed by atoms with Crippen LogP contribution in [0.4, 0.5) is 4.39 Å². The molecule has 4 heterocycles. The van der Waals surface area contributed by atoms with Gasteiger partial charge in [0.15, 0.2) is 5.69 Å². The molecule has 0 aliphatic carbocycles. The van der Waals surface area contributed by atoms with E-state index < -0.39 is 18.1 Å². The summed E-state index contributed by atoms with van der Waals surface area (Å²) in [6.45, 7) is 0.362. The van der Waals surface area contributed by atoms with Gasteiger partial charge in [0.2, 0.25) is 0 Å². The van der Waals surface area contributed by atoms with Crippen molar-refractivity contribution in [3.63, 3.8) is 0 Å². The lowest BCUT2D eigenvalue weighted by molar-refractivity contribution is 0.0705. The Labute approximate surface area is 169 Å². The molecule has 0 spiro atoms. The van der Waals surface area contributed by atoms with Crippen LogP contribution in [-0.2, 0) is 13.2 Å². The summed E-state index contributed by atoms with van der Waals surface area (Å²) in [5.74, 6) is -0.352. The molecular formula is C19H18FN7O3. The number of aromatic amines is 1. The van der Waals surface area contributed by atoms with Gasteiger partial charge in [-0.15, -0.1) is 5.10 Å². The Kier molecular flexibility index (Phi) is 4.23. The number of carbonyl (C=O) groups excluding carboxylic acids is 2. The maximum atomic E-state index is 14.2. The number of ether oxygens (including phenoxy) is 1. The Morgan fingerprint density at radius 2 is 2.17 bits per heavy atom. The predicted octanol–water partition coefficient (Wildman–Crippen LogP) is 0.912. The van der Waals surface area contributed by atoms with Gasteiger partial charge in [-0.05, 0) is 12.1 Å². The summed E-state index contributed by atoms with van der Waals surface area (Å²) < 4.78 is 21.4. The van der Waals surface area contributed by atoms with Crippen LogP contribution in [0, 0.1) is 0 Å². The average molecular weight is 411 g/mol. The van der Waals surface area contributed by atoms with Crippen molar-refractivity contribution in [1.82, 2.24) is 30.1 Å². The topological polar surface area (TPSA) is 132 Å². The smallest absolute Gasteiger partial charge is 0.272 e. The molecule has 10 nitrogen and oxygen atoms in total. The van der Waals surface area contributed by atoms with Crippen LogP contribution in [0.2, 0.25) is 0 Å². The van der Waals surface area contributed by atoms with Gasteiger partial charge in [0.1, 0.15) is 29.9 Å². The number of carbonyl (C=O) groups is 2. The van der Waals surface area contributed by atoms with E-state index >= 15 is 0 Å². The number of primary amides is 1. The van der Waals surface area contributed by atoms with E-state index in [0.717, 1.165) is 5.56 Å². The van der Waals surface area contributed by atoms with E-state index in [2.05, 4.69) is 20.5 Å². The van der Waals surface area contributed by atoms with Crippen LogP contribution in [-0.4, -0.2) is 60.7 Å². The van der Waals surface area contributed by atoms with E-state index in [4.69, 9.17) is 10.5 Å². The quantitative estimate of drug-likeness (QED) is 0.656. The molecule has 0 saturated carbocycles. The molecule has 2 atom stereocenters. The summed E-state index contributed by atoms with van der Waals surface area (Å²) in [7, 11) is 0. The normalized spacial score (nSPS) is 19.8. The molecule has 2 aliphatic rings. The van der Waals surface area contributed by atoms with Gasteiger partial charge in [-0.3, -0.25) is 14.7 Å². The molecule has 0 bridgehead atoms. The fourth-order valence-corrected chi connectivity index (χ4v) is 3.98. The van der Waals surface area contributed by atoms with Crippen LogP contribution in [0.3, 0.4) is 0 Å². The van der Waals surface area contributed by atoms with Gasteiger partial charge in [0, 0.05) is 17.5 Å². The zero-order valence-electron chi connectivity index (χ0n) is 15.8. The maximum Gasteiger partial charge on any atom is 0.272 e. The lowest BCUT2D eigenvalue weighted by Gasteiger charge is -2.24. The highest BCUT2D eigenvalue weighted by Gasteiger charge is 2.38. The summed E-state index contributed by atoms with van der Waals surface area (Å²) in [5, 5.41) is 14.7. The van der Waals surface area contributed by atoms with Gasteiger partial charge in [0.25, 0.3) is 11.8 Å². The number of amides is 2. The molecule has 1 aromatic carbocycles. The molecule has 0 unspecified atom stereocenters. The number of fused-ring (bicyclic) bond motifs is 3.